The molecule has 1 fully saturated rings. The molecule has 124 valence electrons. The number of halogens is 2. The number of nitrogens with zero attached hydrogens (tertiary/aromatic N) is 1. The molecule has 0 atom stereocenters. The van der Waals surface area contributed by atoms with Crippen LogP contribution in [0.4, 0.5) is 8.78 Å². The van der Waals surface area contributed by atoms with Crippen molar-refractivity contribution in [3.63, 3.8) is 0 Å². The van der Waals surface area contributed by atoms with Crippen molar-refractivity contribution >= 4 is 19.3 Å². The second kappa shape index (κ2) is 6.17. The van der Waals surface area contributed by atoms with Crippen molar-refractivity contribution in [3.8, 4) is 0 Å². The first-order chi connectivity index (χ1) is 10.6. The summed E-state index contributed by atoms with van der Waals surface area (Å²) in [5, 5.41) is 1.19. The summed E-state index contributed by atoms with van der Waals surface area (Å²) in [6.45, 7) is 13.6. The molecule has 0 bridgehead atoms. The van der Waals surface area contributed by atoms with Gasteiger partial charge in [-0.1, -0.05) is 24.8 Å². The van der Waals surface area contributed by atoms with E-state index < -0.39 is 24.7 Å². The number of pyridine rings is 1. The second-order valence-corrected chi connectivity index (χ2v) is 6.61. The predicted molar refractivity (Wildman–Crippen MR) is 88.3 cm³/mol. The van der Waals surface area contributed by atoms with Crippen LogP contribution in [-0.2, 0) is 9.31 Å². The molecule has 2 heterocycles. The molecule has 0 radical (unpaired) electrons. The van der Waals surface area contributed by atoms with E-state index in [2.05, 4.69) is 11.6 Å². The van der Waals surface area contributed by atoms with E-state index in [0.717, 1.165) is 0 Å². The summed E-state index contributed by atoms with van der Waals surface area (Å²) in [6.07, 6.45) is 0.864. The fourth-order valence-corrected chi connectivity index (χ4v) is 2.24. The van der Waals surface area contributed by atoms with Crippen LogP contribution in [0.1, 0.15) is 46.7 Å². The van der Waals surface area contributed by atoms with Gasteiger partial charge in [-0.15, -0.1) is 0 Å². The molecule has 1 aliphatic rings. The molecule has 0 aromatic carbocycles. The number of hydrogen-bond donors (Lipinski definition) is 0. The van der Waals surface area contributed by atoms with Crippen LogP contribution in [-0.4, -0.2) is 23.3 Å². The fraction of sp³-hybridized carbons (Fsp3) is 0.471. The monoisotopic (exact) mass is 321 g/mol. The minimum Gasteiger partial charge on any atom is -0.399 e. The summed E-state index contributed by atoms with van der Waals surface area (Å²) >= 11 is 0. The molecule has 0 saturated carbocycles. The Labute approximate surface area is 135 Å². The minimum atomic E-state index is -2.59. The Morgan fingerprint density at radius 3 is 2.26 bits per heavy atom. The van der Waals surface area contributed by atoms with Crippen LogP contribution in [0, 0.1) is 0 Å². The van der Waals surface area contributed by atoms with E-state index in [4.69, 9.17) is 9.31 Å². The van der Waals surface area contributed by atoms with E-state index in [9.17, 15) is 8.78 Å². The van der Waals surface area contributed by atoms with Crippen molar-refractivity contribution in [2.45, 2.75) is 52.2 Å². The third-order valence-electron chi connectivity index (χ3n) is 4.37. The standard InChI is InChI=1S/C17H22BF2NO2/c1-7-13-12(8-9-14(21-13)15(19)20)10-11(2)18-22-16(3,4)17(5,6)23-18/h7-10,15H,2H2,1,3-6H3. The number of allylic oxidation sites excluding steroid dienone is 1. The van der Waals surface area contributed by atoms with Crippen molar-refractivity contribution in [2.75, 3.05) is 0 Å². The van der Waals surface area contributed by atoms with Gasteiger partial charge in [0.05, 0.1) is 16.6 Å². The Kier molecular flexibility index (Phi) is 4.78. The molecular weight excluding hydrogens is 299 g/mol. The Morgan fingerprint density at radius 1 is 1.22 bits per heavy atom. The predicted octanol–water partition coefficient (Wildman–Crippen LogP) is 2.79. The first-order valence-electron chi connectivity index (χ1n) is 7.55. The van der Waals surface area contributed by atoms with Gasteiger partial charge in [0.1, 0.15) is 5.69 Å². The number of alkyl halides is 2. The smallest absolute Gasteiger partial charge is 0.399 e. The molecule has 1 saturated heterocycles. The third-order valence-corrected chi connectivity index (χ3v) is 4.37. The molecule has 0 amide bonds. The largest absolute Gasteiger partial charge is 0.494 e. The molecule has 1 aromatic rings. The van der Waals surface area contributed by atoms with Gasteiger partial charge < -0.3 is 9.31 Å². The number of hydrogen-bond acceptors (Lipinski definition) is 3. The van der Waals surface area contributed by atoms with Gasteiger partial charge in [-0.25, -0.2) is 13.8 Å². The van der Waals surface area contributed by atoms with Crippen LogP contribution < -0.4 is 10.6 Å². The third kappa shape index (κ3) is 3.53. The molecule has 0 aliphatic carbocycles. The van der Waals surface area contributed by atoms with Gasteiger partial charge in [0, 0.05) is 0 Å². The second-order valence-electron chi connectivity index (χ2n) is 6.61. The van der Waals surface area contributed by atoms with Crippen LogP contribution in [0.25, 0.3) is 12.2 Å². The first kappa shape index (κ1) is 17.8. The lowest BCUT2D eigenvalue weighted by Gasteiger charge is -2.32. The molecule has 2 rings (SSSR count). The van der Waals surface area contributed by atoms with Crippen LogP contribution in [0.15, 0.2) is 24.2 Å². The zero-order chi connectivity index (χ0) is 17.4. The molecule has 6 heteroatoms. The van der Waals surface area contributed by atoms with Crippen LogP contribution in [0.2, 0.25) is 0 Å². The SMILES string of the molecule is C=C(C=c1ccc(C(F)F)nc1=CC)B1OC(C)(C)C(C)(C)O1. The Bertz CT molecular complexity index is 713. The van der Waals surface area contributed by atoms with E-state index in [1.165, 1.54) is 6.07 Å². The van der Waals surface area contributed by atoms with Gasteiger partial charge in [0.2, 0.25) is 0 Å². The Morgan fingerprint density at radius 2 is 1.78 bits per heavy atom. The highest BCUT2D eigenvalue weighted by Gasteiger charge is 2.51. The Balaban J connectivity index is 2.35. The molecule has 0 unspecified atom stereocenters. The summed E-state index contributed by atoms with van der Waals surface area (Å²) in [7, 11) is -0.570. The van der Waals surface area contributed by atoms with E-state index in [-0.39, 0.29) is 5.69 Å². The van der Waals surface area contributed by atoms with Crippen molar-refractivity contribution in [3.05, 3.63) is 40.4 Å². The van der Waals surface area contributed by atoms with Gasteiger partial charge in [-0.2, -0.15) is 0 Å². The maximum absolute atomic E-state index is 12.7. The van der Waals surface area contributed by atoms with Crippen LogP contribution >= 0.6 is 0 Å². The first-order valence-corrected chi connectivity index (χ1v) is 7.55. The summed E-state index contributed by atoms with van der Waals surface area (Å²) in [4.78, 5) is 3.97. The summed E-state index contributed by atoms with van der Waals surface area (Å²) in [5.41, 5.74) is -0.521. The van der Waals surface area contributed by atoms with E-state index in [0.29, 0.717) is 16.0 Å². The molecule has 3 nitrogen and oxygen atoms in total. The average molecular weight is 321 g/mol. The average Bonchev–Trinajstić information content (AvgIpc) is 2.67. The molecule has 0 spiro atoms. The van der Waals surface area contributed by atoms with Crippen LogP contribution in [0.5, 0.6) is 0 Å². The maximum Gasteiger partial charge on any atom is 0.494 e. The lowest BCUT2D eigenvalue weighted by atomic mass is 9.79. The lowest BCUT2D eigenvalue weighted by molar-refractivity contribution is 0.00578. The highest BCUT2D eigenvalue weighted by molar-refractivity contribution is 6.57. The van der Waals surface area contributed by atoms with Crippen molar-refractivity contribution < 1.29 is 18.1 Å². The molecule has 0 N–H and O–H groups in total. The molecular formula is C17H22BF2NO2. The van der Waals surface area contributed by atoms with Crippen molar-refractivity contribution in [1.82, 2.24) is 4.98 Å². The normalized spacial score (nSPS) is 21.3. The fourth-order valence-electron chi connectivity index (χ4n) is 2.24. The van der Waals surface area contributed by atoms with Gasteiger partial charge in [0.15, 0.2) is 0 Å². The number of rotatable bonds is 3. The zero-order valence-electron chi connectivity index (χ0n) is 14.2. The lowest BCUT2D eigenvalue weighted by Crippen LogP contribution is -2.41. The van der Waals surface area contributed by atoms with Gasteiger partial charge in [-0.3, -0.25) is 0 Å². The van der Waals surface area contributed by atoms with Crippen LogP contribution in [0.3, 0.4) is 0 Å². The molecule has 23 heavy (non-hydrogen) atoms. The minimum absolute atomic E-state index is 0.239. The van der Waals surface area contributed by atoms with E-state index in [1.54, 1.807) is 25.1 Å². The molecule has 1 aromatic heterocycles. The van der Waals surface area contributed by atoms with Crippen molar-refractivity contribution in [1.29, 1.82) is 0 Å². The summed E-state index contributed by atoms with van der Waals surface area (Å²) in [6, 6.07) is 2.93. The number of aromatic nitrogens is 1. The maximum atomic E-state index is 12.7. The van der Waals surface area contributed by atoms with Gasteiger partial charge in [-0.05, 0) is 51.4 Å². The molecule has 1 aliphatic heterocycles. The van der Waals surface area contributed by atoms with Crippen molar-refractivity contribution in [2.24, 2.45) is 0 Å². The van der Waals surface area contributed by atoms with E-state index >= 15 is 0 Å². The topological polar surface area (TPSA) is 31.4 Å². The summed E-state index contributed by atoms with van der Waals surface area (Å²) in [5.74, 6) is 0. The highest BCUT2D eigenvalue weighted by atomic mass is 19.3. The highest BCUT2D eigenvalue weighted by Crippen LogP contribution is 2.38. The summed E-state index contributed by atoms with van der Waals surface area (Å²) < 4.78 is 37.4. The zero-order valence-corrected chi connectivity index (χ0v) is 14.2. The van der Waals surface area contributed by atoms with Gasteiger partial charge in [0.25, 0.3) is 6.43 Å². The Hall–Kier alpha value is -1.53. The van der Waals surface area contributed by atoms with Gasteiger partial charge >= 0.3 is 7.12 Å². The quantitative estimate of drug-likeness (QED) is 0.802. The van der Waals surface area contributed by atoms with E-state index in [1.807, 2.05) is 27.7 Å².